The summed E-state index contributed by atoms with van der Waals surface area (Å²) in [5.74, 6) is 0. The van der Waals surface area contributed by atoms with Crippen molar-refractivity contribution in [1.82, 2.24) is 0 Å². The monoisotopic (exact) mass is 538 g/mol. The van der Waals surface area contributed by atoms with E-state index in [0.717, 1.165) is 58.5 Å². The van der Waals surface area contributed by atoms with Crippen molar-refractivity contribution in [3.8, 4) is 22.3 Å². The van der Waals surface area contributed by atoms with Crippen LogP contribution in [0.3, 0.4) is 0 Å². The van der Waals surface area contributed by atoms with Gasteiger partial charge in [-0.25, -0.2) is 0 Å². The maximum Gasteiger partial charge on any atom is 0.0445 e. The van der Waals surface area contributed by atoms with Gasteiger partial charge in [0.05, 0.1) is 0 Å². The van der Waals surface area contributed by atoms with Crippen molar-refractivity contribution >= 4 is 50.5 Å². The lowest BCUT2D eigenvalue weighted by molar-refractivity contribution is 0.660. The van der Waals surface area contributed by atoms with Crippen LogP contribution in [-0.4, -0.2) is 0 Å². The molecule has 0 fully saturated rings. The largest absolute Gasteiger partial charge is 0.143 e. The molecule has 0 N–H and O–H groups in total. The molecule has 0 saturated carbocycles. The second-order valence-corrected chi connectivity index (χ2v) is 10.9. The molecule has 0 aliphatic rings. The van der Waals surface area contributed by atoms with E-state index in [4.69, 9.17) is 50.5 Å². The van der Waals surface area contributed by atoms with Gasteiger partial charge in [0.2, 0.25) is 0 Å². The van der Waals surface area contributed by atoms with Crippen molar-refractivity contribution in [3.63, 3.8) is 0 Å². The number of rotatable bonds is 5. The third-order valence-electron chi connectivity index (χ3n) is 6.84. The van der Waals surface area contributed by atoms with Crippen LogP contribution in [-0.2, 0) is 5.41 Å². The lowest BCUT2D eigenvalue weighted by atomic mass is 9.70. The van der Waals surface area contributed by atoms with E-state index in [9.17, 15) is 0 Å². The van der Waals surface area contributed by atoms with Crippen LogP contribution >= 0.6 is 50.5 Å². The Labute approximate surface area is 235 Å². The highest BCUT2D eigenvalue weighted by Crippen LogP contribution is 2.47. The fourth-order valence-electron chi connectivity index (χ4n) is 4.89. The van der Waals surface area contributed by atoms with Gasteiger partial charge in [-0.3, -0.25) is 0 Å². The molecule has 0 spiro atoms. The zero-order valence-corrected chi connectivity index (χ0v) is 23.3. The molecule has 0 atom stereocenters. The summed E-state index contributed by atoms with van der Waals surface area (Å²) in [6.45, 7) is 2.26. The van der Waals surface area contributed by atoms with Crippen molar-refractivity contribution in [3.05, 3.63) is 132 Å². The molecule has 0 aliphatic carbocycles. The molecule has 178 valence electrons. The molecular formula is C32H26S4. The third kappa shape index (κ3) is 4.64. The Hall–Kier alpha value is -2.50. The highest BCUT2D eigenvalue weighted by molar-refractivity contribution is 7.81. The summed E-state index contributed by atoms with van der Waals surface area (Å²) in [6, 6.07) is 39.8. The molecule has 0 bridgehead atoms. The van der Waals surface area contributed by atoms with Gasteiger partial charge in [0.15, 0.2) is 0 Å². The van der Waals surface area contributed by atoms with Gasteiger partial charge in [0.1, 0.15) is 0 Å². The van der Waals surface area contributed by atoms with Crippen LogP contribution in [0, 0.1) is 0 Å². The van der Waals surface area contributed by atoms with E-state index in [1.165, 1.54) is 0 Å². The Morgan fingerprint density at radius 2 is 0.861 bits per heavy atom. The van der Waals surface area contributed by atoms with E-state index in [0.29, 0.717) is 0 Å². The molecule has 0 heterocycles. The predicted molar refractivity (Wildman–Crippen MR) is 165 cm³/mol. The van der Waals surface area contributed by atoms with E-state index in [1.54, 1.807) is 0 Å². The van der Waals surface area contributed by atoms with Gasteiger partial charge in [-0.1, -0.05) is 78.9 Å². The maximum atomic E-state index is 4.91. The first-order valence-corrected chi connectivity index (χ1v) is 13.5. The predicted octanol–water partition coefficient (Wildman–Crippen LogP) is 9.53. The molecule has 0 amide bonds. The smallest absolute Gasteiger partial charge is 0.0445 e. The average Bonchev–Trinajstić information content (AvgIpc) is 2.90. The summed E-state index contributed by atoms with van der Waals surface area (Å²) >= 11 is 19.4. The highest BCUT2D eigenvalue weighted by Gasteiger charge is 2.35. The van der Waals surface area contributed by atoms with E-state index in [2.05, 4.69) is 91.9 Å². The van der Waals surface area contributed by atoms with Gasteiger partial charge in [-0.05, 0) is 82.3 Å². The molecule has 5 aromatic rings. The van der Waals surface area contributed by atoms with Gasteiger partial charge in [0.25, 0.3) is 0 Å². The molecular weight excluding hydrogens is 513 g/mol. The molecule has 5 aromatic carbocycles. The SMILES string of the molecule is CC(c1ccc(S)c(-c2ccccc2)c1)(c1ccc(S)c(-c2ccccc2)c1)c1c(S)cccc1S. The fraction of sp³-hybridized carbons (Fsp3) is 0.0625. The number of hydrogen-bond acceptors (Lipinski definition) is 4. The second kappa shape index (κ2) is 10.5. The van der Waals surface area contributed by atoms with Crippen LogP contribution < -0.4 is 0 Å². The summed E-state index contributed by atoms with van der Waals surface area (Å²) in [5.41, 5.74) is 7.26. The minimum absolute atomic E-state index is 0.536. The zero-order chi connectivity index (χ0) is 25.3. The zero-order valence-electron chi connectivity index (χ0n) is 19.8. The highest BCUT2D eigenvalue weighted by atomic mass is 32.1. The van der Waals surface area contributed by atoms with Crippen molar-refractivity contribution in [2.24, 2.45) is 0 Å². The number of thiol groups is 4. The molecule has 0 saturated heterocycles. The van der Waals surface area contributed by atoms with Crippen LogP contribution in [0.1, 0.15) is 23.6 Å². The van der Waals surface area contributed by atoms with E-state index in [1.807, 2.05) is 30.3 Å². The second-order valence-electron chi connectivity index (χ2n) is 8.99. The molecule has 0 aliphatic heterocycles. The molecule has 0 nitrogen and oxygen atoms in total. The van der Waals surface area contributed by atoms with Crippen LogP contribution in [0.25, 0.3) is 22.3 Å². The van der Waals surface area contributed by atoms with Crippen LogP contribution in [0.5, 0.6) is 0 Å². The van der Waals surface area contributed by atoms with E-state index < -0.39 is 5.41 Å². The van der Waals surface area contributed by atoms with Crippen molar-refractivity contribution in [2.45, 2.75) is 31.9 Å². The lowest BCUT2D eigenvalue weighted by Gasteiger charge is -2.35. The van der Waals surface area contributed by atoms with Crippen LogP contribution in [0.15, 0.2) is 135 Å². The molecule has 4 heteroatoms. The first-order valence-electron chi connectivity index (χ1n) is 11.7. The minimum atomic E-state index is -0.536. The Morgan fingerprint density at radius 1 is 0.444 bits per heavy atom. The van der Waals surface area contributed by atoms with Gasteiger partial charge in [-0.2, -0.15) is 0 Å². The summed E-state index contributed by atoms with van der Waals surface area (Å²) < 4.78 is 0. The summed E-state index contributed by atoms with van der Waals surface area (Å²) in [7, 11) is 0. The summed E-state index contributed by atoms with van der Waals surface area (Å²) in [5, 5.41) is 0. The van der Waals surface area contributed by atoms with Gasteiger partial charge in [-0.15, -0.1) is 50.5 Å². The van der Waals surface area contributed by atoms with Crippen LogP contribution in [0.4, 0.5) is 0 Å². The van der Waals surface area contributed by atoms with Crippen LogP contribution in [0.2, 0.25) is 0 Å². The summed E-state index contributed by atoms with van der Waals surface area (Å²) in [6.07, 6.45) is 0. The Bertz CT molecular complexity index is 1420. The first-order chi connectivity index (χ1) is 17.4. The van der Waals surface area contributed by atoms with Gasteiger partial charge < -0.3 is 0 Å². The number of benzene rings is 5. The Morgan fingerprint density at radius 3 is 1.28 bits per heavy atom. The molecule has 0 radical (unpaired) electrons. The van der Waals surface area contributed by atoms with Crippen molar-refractivity contribution in [1.29, 1.82) is 0 Å². The molecule has 5 rings (SSSR count). The first kappa shape index (κ1) is 25.2. The van der Waals surface area contributed by atoms with Crippen molar-refractivity contribution < 1.29 is 0 Å². The topological polar surface area (TPSA) is 0 Å². The fourth-order valence-corrected chi connectivity index (χ4v) is 6.37. The minimum Gasteiger partial charge on any atom is -0.143 e. The Kier molecular flexibility index (Phi) is 7.32. The molecule has 0 aromatic heterocycles. The molecule has 0 unspecified atom stereocenters. The Balaban J connectivity index is 1.80. The van der Waals surface area contributed by atoms with Crippen molar-refractivity contribution in [2.75, 3.05) is 0 Å². The standard InChI is InChI=1S/C32H26S4/c1-32(31-29(35)13-8-14-30(31)36,23-15-17-27(33)25(19-23)21-9-4-2-5-10-21)24-16-18-28(34)26(20-24)22-11-6-3-7-12-22/h2-20,33-36H,1H3. The van der Waals surface area contributed by atoms with E-state index >= 15 is 0 Å². The summed E-state index contributed by atoms with van der Waals surface area (Å²) in [4.78, 5) is 3.68. The molecule has 36 heavy (non-hydrogen) atoms. The van der Waals surface area contributed by atoms with E-state index in [-0.39, 0.29) is 0 Å². The van der Waals surface area contributed by atoms with Gasteiger partial charge in [0, 0.05) is 25.0 Å². The number of hydrogen-bond donors (Lipinski definition) is 4. The maximum absolute atomic E-state index is 4.91. The normalized spacial score (nSPS) is 11.5. The lowest BCUT2D eigenvalue weighted by Crippen LogP contribution is -2.27. The average molecular weight is 539 g/mol. The van der Waals surface area contributed by atoms with Gasteiger partial charge >= 0.3 is 0 Å². The quantitative estimate of drug-likeness (QED) is 0.124. The third-order valence-corrected chi connectivity index (χ3v) is 8.36.